The molecule has 0 spiro atoms. The number of carbonyl (C=O) groups excluding carboxylic acids is 2. The van der Waals surface area contributed by atoms with Gasteiger partial charge >= 0.3 is 41.9 Å². The summed E-state index contributed by atoms with van der Waals surface area (Å²) in [6.07, 6.45) is -10.8. The Morgan fingerprint density at radius 3 is 1.25 bits per heavy atom. The quantitative estimate of drug-likeness (QED) is 0.387. The Morgan fingerprint density at radius 1 is 0.812 bits per heavy atom. The van der Waals surface area contributed by atoms with E-state index in [1.54, 1.807) is 0 Å². The van der Waals surface area contributed by atoms with Gasteiger partial charge in [-0.05, 0) is 0 Å². The predicted molar refractivity (Wildman–Crippen MR) is 39.4 cm³/mol. The number of hydrogen-bond acceptors (Lipinski definition) is 2. The number of carbonyl (C=O) groups is 2. The zero-order valence-corrected chi connectivity index (χ0v) is 6.74. The average molecular weight is 259 g/mol. The van der Waals surface area contributed by atoms with Crippen molar-refractivity contribution in [2.75, 3.05) is 0 Å². The van der Waals surface area contributed by atoms with E-state index in [0.29, 0.717) is 0 Å². The van der Waals surface area contributed by atoms with E-state index in [-0.39, 0.29) is 29.6 Å². The molecule has 0 aromatic rings. The molecule has 0 radical (unpaired) electrons. The van der Waals surface area contributed by atoms with E-state index in [1.807, 2.05) is 0 Å². The molecule has 1 rings (SSSR count). The zero-order chi connectivity index (χ0) is 12.0. The summed E-state index contributed by atoms with van der Waals surface area (Å²) in [4.78, 5) is 21.1. The fraction of sp³-hybridized carbons (Fsp3) is 0.667. The molecule has 1 aliphatic heterocycles. The second kappa shape index (κ2) is 4.53. The van der Waals surface area contributed by atoms with Gasteiger partial charge in [-0.25, -0.2) is 0 Å². The summed E-state index contributed by atoms with van der Waals surface area (Å²) < 4.78 is 72.3. The van der Waals surface area contributed by atoms with Crippen LogP contribution in [0.3, 0.4) is 0 Å². The topological polar surface area (TPSA) is 46.2 Å². The van der Waals surface area contributed by atoms with Crippen molar-refractivity contribution in [2.24, 2.45) is 11.8 Å². The maximum absolute atomic E-state index is 12.1. The van der Waals surface area contributed by atoms with Crippen molar-refractivity contribution in [3.05, 3.63) is 0 Å². The van der Waals surface area contributed by atoms with Crippen molar-refractivity contribution in [3.63, 3.8) is 0 Å². The van der Waals surface area contributed by atoms with Crippen LogP contribution < -0.4 is 5.32 Å². The number of nitrogens with one attached hydrogen (secondary N) is 1. The van der Waals surface area contributed by atoms with Gasteiger partial charge in [0.2, 0.25) is 11.8 Å². The summed E-state index contributed by atoms with van der Waals surface area (Å²) in [6, 6.07) is 0. The third-order valence-corrected chi connectivity index (χ3v) is 1.85. The van der Waals surface area contributed by atoms with Crippen molar-refractivity contribution < 1.29 is 35.9 Å². The molecule has 0 aromatic heterocycles. The fourth-order valence-electron chi connectivity index (χ4n) is 1.25. The molecule has 2 amide bonds. The van der Waals surface area contributed by atoms with Gasteiger partial charge in [-0.1, -0.05) is 0 Å². The molecule has 3 nitrogen and oxygen atoms in total. The monoisotopic (exact) mass is 259 g/mol. The van der Waals surface area contributed by atoms with Crippen molar-refractivity contribution in [2.45, 2.75) is 12.4 Å². The SMILES string of the molecule is O=C1NC(=O)C(C(F)(F)F)C1C(F)(F)F.[NaH]. The molecule has 0 aromatic carbocycles. The summed E-state index contributed by atoms with van der Waals surface area (Å²) in [5, 5.41) is 1.01. The second-order valence-corrected chi connectivity index (χ2v) is 2.89. The van der Waals surface area contributed by atoms with Crippen molar-refractivity contribution >= 4 is 41.4 Å². The third kappa shape index (κ3) is 2.89. The minimum absolute atomic E-state index is 0. The van der Waals surface area contributed by atoms with Crippen LogP contribution in [-0.4, -0.2) is 53.7 Å². The van der Waals surface area contributed by atoms with Gasteiger partial charge in [-0.15, -0.1) is 0 Å². The van der Waals surface area contributed by atoms with Crippen molar-refractivity contribution in [1.82, 2.24) is 5.32 Å². The normalized spacial score (nSPS) is 26.4. The van der Waals surface area contributed by atoms with Crippen LogP contribution in [0.5, 0.6) is 0 Å². The van der Waals surface area contributed by atoms with Crippen LogP contribution in [-0.2, 0) is 9.59 Å². The first kappa shape index (κ1) is 15.7. The van der Waals surface area contributed by atoms with Gasteiger partial charge in [0.15, 0.2) is 11.8 Å². The molecule has 1 fully saturated rings. The number of hydrogen-bond donors (Lipinski definition) is 1. The molecule has 2 unspecified atom stereocenters. The van der Waals surface area contributed by atoms with Crippen LogP contribution in [0.2, 0.25) is 0 Å². The van der Waals surface area contributed by atoms with Crippen LogP contribution in [0, 0.1) is 11.8 Å². The zero-order valence-electron chi connectivity index (χ0n) is 6.74. The molecular weight excluding hydrogens is 255 g/mol. The molecule has 0 saturated carbocycles. The standard InChI is InChI=1S/C6H3F6NO2.Na.H/c7-5(8,9)1-2(6(10,11)12)4(15)13-3(1)14;;/h1-2H,(H,13,14,15);;. The van der Waals surface area contributed by atoms with E-state index in [9.17, 15) is 35.9 Å². The van der Waals surface area contributed by atoms with Crippen molar-refractivity contribution in [1.29, 1.82) is 0 Å². The molecule has 2 atom stereocenters. The minimum atomic E-state index is -5.39. The third-order valence-electron chi connectivity index (χ3n) is 1.85. The van der Waals surface area contributed by atoms with Gasteiger partial charge in [0.1, 0.15) is 0 Å². The molecule has 16 heavy (non-hydrogen) atoms. The van der Waals surface area contributed by atoms with Gasteiger partial charge in [-0.2, -0.15) is 26.3 Å². The molecule has 1 heterocycles. The van der Waals surface area contributed by atoms with E-state index in [2.05, 4.69) is 0 Å². The summed E-state index contributed by atoms with van der Waals surface area (Å²) >= 11 is 0. The number of amides is 2. The van der Waals surface area contributed by atoms with Crippen LogP contribution in [0.4, 0.5) is 26.3 Å². The van der Waals surface area contributed by atoms with Crippen molar-refractivity contribution in [3.8, 4) is 0 Å². The molecular formula is C6H4F6NNaO2. The van der Waals surface area contributed by atoms with E-state index < -0.39 is 36.0 Å². The molecule has 10 heteroatoms. The van der Waals surface area contributed by atoms with Gasteiger partial charge in [0.25, 0.3) is 0 Å². The Kier molecular flexibility index (Phi) is 4.46. The van der Waals surface area contributed by atoms with Crippen LogP contribution >= 0.6 is 0 Å². The Morgan fingerprint density at radius 2 is 1.06 bits per heavy atom. The van der Waals surface area contributed by atoms with Gasteiger partial charge in [0.05, 0.1) is 0 Å². The summed E-state index contributed by atoms with van der Waals surface area (Å²) in [5.41, 5.74) is 0. The Hall–Kier alpha value is -0.280. The molecule has 1 saturated heterocycles. The maximum atomic E-state index is 12.1. The Labute approximate surface area is 107 Å². The summed E-state index contributed by atoms with van der Waals surface area (Å²) in [5.74, 6) is -10.6. The number of halogens is 6. The molecule has 88 valence electrons. The number of alkyl halides is 6. The molecule has 1 N–H and O–H groups in total. The van der Waals surface area contributed by atoms with Gasteiger partial charge < -0.3 is 0 Å². The van der Waals surface area contributed by atoms with E-state index in [0.717, 1.165) is 5.32 Å². The first-order chi connectivity index (χ1) is 6.55. The summed E-state index contributed by atoms with van der Waals surface area (Å²) in [7, 11) is 0. The second-order valence-electron chi connectivity index (χ2n) is 2.89. The first-order valence-electron chi connectivity index (χ1n) is 3.53. The van der Waals surface area contributed by atoms with Crippen LogP contribution in [0.1, 0.15) is 0 Å². The molecule has 0 bridgehead atoms. The Balaban J connectivity index is 0.00000225. The number of imide groups is 1. The fourth-order valence-corrected chi connectivity index (χ4v) is 1.25. The van der Waals surface area contributed by atoms with Gasteiger partial charge in [0, 0.05) is 0 Å². The number of rotatable bonds is 0. The predicted octanol–water partition coefficient (Wildman–Crippen LogP) is 0.351. The molecule has 1 aliphatic rings. The average Bonchev–Trinajstić information content (AvgIpc) is 2.22. The van der Waals surface area contributed by atoms with Gasteiger partial charge in [-0.3, -0.25) is 14.9 Å². The van der Waals surface area contributed by atoms with E-state index in [1.165, 1.54) is 0 Å². The molecule has 0 aliphatic carbocycles. The van der Waals surface area contributed by atoms with Crippen LogP contribution in [0.25, 0.3) is 0 Å². The Bertz CT molecular complexity index is 281. The van der Waals surface area contributed by atoms with E-state index in [4.69, 9.17) is 0 Å². The summed E-state index contributed by atoms with van der Waals surface area (Å²) in [6.45, 7) is 0. The first-order valence-corrected chi connectivity index (χ1v) is 3.53. The van der Waals surface area contributed by atoms with Crippen LogP contribution in [0.15, 0.2) is 0 Å². The van der Waals surface area contributed by atoms with E-state index >= 15 is 0 Å².